The standard InChI is InChI=1S/C17H22N2O4/c20-10-11-5-7-19(8-6-11)17(23)18-15-9-14(16(21)22)12-3-1-2-4-13(12)15/h1-4,11,14-15,20H,5-10H2,(H,18,23)(H,21,22). The van der Waals surface area contributed by atoms with Gasteiger partial charge in [-0.1, -0.05) is 24.3 Å². The van der Waals surface area contributed by atoms with Crippen molar-refractivity contribution in [2.45, 2.75) is 31.2 Å². The number of hydrogen-bond acceptors (Lipinski definition) is 3. The summed E-state index contributed by atoms with van der Waals surface area (Å²) in [5.74, 6) is -1.13. The number of nitrogens with one attached hydrogen (secondary N) is 1. The smallest absolute Gasteiger partial charge is 0.317 e. The molecule has 23 heavy (non-hydrogen) atoms. The number of carboxylic acids is 1. The van der Waals surface area contributed by atoms with Crippen LogP contribution < -0.4 is 5.32 Å². The van der Waals surface area contributed by atoms with Crippen LogP contribution in [0.25, 0.3) is 0 Å². The van der Waals surface area contributed by atoms with Crippen molar-refractivity contribution >= 4 is 12.0 Å². The first-order chi connectivity index (χ1) is 11.1. The highest BCUT2D eigenvalue weighted by atomic mass is 16.4. The molecule has 1 aromatic carbocycles. The van der Waals surface area contributed by atoms with Gasteiger partial charge in [0.1, 0.15) is 0 Å². The second-order valence-corrected chi connectivity index (χ2v) is 6.37. The van der Waals surface area contributed by atoms with Crippen LogP contribution in [0.1, 0.15) is 42.3 Å². The molecule has 0 spiro atoms. The topological polar surface area (TPSA) is 89.9 Å². The number of aliphatic carboxylic acids is 1. The Bertz CT molecular complexity index is 596. The van der Waals surface area contributed by atoms with E-state index in [1.165, 1.54) is 0 Å². The molecule has 1 aliphatic carbocycles. The Balaban J connectivity index is 1.67. The number of hydrogen-bond donors (Lipinski definition) is 3. The summed E-state index contributed by atoms with van der Waals surface area (Å²) in [4.78, 5) is 25.6. The van der Waals surface area contributed by atoms with Crippen LogP contribution in [0.2, 0.25) is 0 Å². The number of amides is 2. The predicted molar refractivity (Wildman–Crippen MR) is 84.1 cm³/mol. The number of nitrogens with zero attached hydrogens (tertiary/aromatic N) is 1. The summed E-state index contributed by atoms with van der Waals surface area (Å²) in [6.45, 7) is 1.44. The lowest BCUT2D eigenvalue weighted by Crippen LogP contribution is -2.45. The number of carbonyl (C=O) groups is 2. The Kier molecular flexibility index (Phi) is 4.52. The van der Waals surface area contributed by atoms with Crippen LogP contribution in [0, 0.1) is 5.92 Å². The maximum absolute atomic E-state index is 12.4. The molecule has 2 unspecified atom stereocenters. The van der Waals surface area contributed by atoms with Crippen molar-refractivity contribution in [3.63, 3.8) is 0 Å². The molecular weight excluding hydrogens is 296 g/mol. The summed E-state index contributed by atoms with van der Waals surface area (Å²) < 4.78 is 0. The zero-order chi connectivity index (χ0) is 16.4. The van der Waals surface area contributed by atoms with Gasteiger partial charge in [-0.3, -0.25) is 4.79 Å². The van der Waals surface area contributed by atoms with Crippen molar-refractivity contribution in [2.24, 2.45) is 5.92 Å². The molecule has 0 radical (unpaired) electrons. The highest BCUT2D eigenvalue weighted by Gasteiger charge is 2.36. The Hall–Kier alpha value is -2.08. The molecule has 0 aromatic heterocycles. The number of fused-ring (bicyclic) bond motifs is 1. The fourth-order valence-electron chi connectivity index (χ4n) is 3.56. The molecule has 2 aliphatic rings. The first-order valence-electron chi connectivity index (χ1n) is 8.08. The van der Waals surface area contributed by atoms with E-state index in [-0.39, 0.29) is 24.6 Å². The number of rotatable bonds is 3. The van der Waals surface area contributed by atoms with Crippen LogP contribution in [0.3, 0.4) is 0 Å². The van der Waals surface area contributed by atoms with Crippen molar-refractivity contribution in [2.75, 3.05) is 19.7 Å². The third-order valence-electron chi connectivity index (χ3n) is 4.97. The highest BCUT2D eigenvalue weighted by molar-refractivity contribution is 5.80. The number of carbonyl (C=O) groups excluding carboxylic acids is 1. The van der Waals surface area contributed by atoms with Crippen molar-refractivity contribution in [1.82, 2.24) is 10.2 Å². The number of likely N-dealkylation sites (tertiary alicyclic amines) is 1. The van der Waals surface area contributed by atoms with Crippen LogP contribution in [0.15, 0.2) is 24.3 Å². The van der Waals surface area contributed by atoms with E-state index >= 15 is 0 Å². The molecule has 0 bridgehead atoms. The van der Waals surface area contributed by atoms with E-state index in [9.17, 15) is 14.7 Å². The van der Waals surface area contributed by atoms with Gasteiger partial charge in [0, 0.05) is 19.7 Å². The van der Waals surface area contributed by atoms with E-state index in [1.807, 2.05) is 24.3 Å². The monoisotopic (exact) mass is 318 g/mol. The quantitative estimate of drug-likeness (QED) is 0.791. The molecule has 1 heterocycles. The normalized spacial score (nSPS) is 24.3. The van der Waals surface area contributed by atoms with E-state index in [0.717, 1.165) is 24.0 Å². The number of carboxylic acid groups (broad SMARTS) is 1. The minimum Gasteiger partial charge on any atom is -0.481 e. The molecule has 6 nitrogen and oxygen atoms in total. The number of urea groups is 1. The Labute approximate surface area is 135 Å². The zero-order valence-electron chi connectivity index (χ0n) is 12.9. The van der Waals surface area contributed by atoms with E-state index in [0.29, 0.717) is 19.5 Å². The van der Waals surface area contributed by atoms with E-state index in [1.54, 1.807) is 4.90 Å². The zero-order valence-corrected chi connectivity index (χ0v) is 12.9. The summed E-state index contributed by atoms with van der Waals surface area (Å²) >= 11 is 0. The molecular formula is C17H22N2O4. The summed E-state index contributed by atoms with van der Waals surface area (Å²) in [6, 6.07) is 7.02. The molecule has 1 aliphatic heterocycles. The average molecular weight is 318 g/mol. The average Bonchev–Trinajstić information content (AvgIpc) is 2.94. The third-order valence-corrected chi connectivity index (χ3v) is 4.97. The van der Waals surface area contributed by atoms with Gasteiger partial charge in [-0.2, -0.15) is 0 Å². The molecule has 2 atom stereocenters. The number of aliphatic hydroxyl groups is 1. The molecule has 1 aromatic rings. The molecule has 3 rings (SSSR count). The first kappa shape index (κ1) is 15.8. The van der Waals surface area contributed by atoms with Crippen LogP contribution in [0.5, 0.6) is 0 Å². The van der Waals surface area contributed by atoms with E-state index < -0.39 is 11.9 Å². The van der Waals surface area contributed by atoms with Crippen molar-refractivity contribution in [3.8, 4) is 0 Å². The van der Waals surface area contributed by atoms with Gasteiger partial charge in [-0.15, -0.1) is 0 Å². The number of aliphatic hydroxyl groups excluding tert-OH is 1. The van der Waals surface area contributed by atoms with Gasteiger partial charge < -0.3 is 20.4 Å². The molecule has 1 saturated heterocycles. The Morgan fingerprint density at radius 1 is 1.17 bits per heavy atom. The highest BCUT2D eigenvalue weighted by Crippen LogP contribution is 2.40. The largest absolute Gasteiger partial charge is 0.481 e. The fourth-order valence-corrected chi connectivity index (χ4v) is 3.56. The summed E-state index contributed by atoms with van der Waals surface area (Å²) in [5, 5.41) is 21.5. The molecule has 0 saturated carbocycles. The minimum atomic E-state index is -0.849. The fraction of sp³-hybridized carbons (Fsp3) is 0.529. The van der Waals surface area contributed by atoms with Gasteiger partial charge in [0.05, 0.1) is 12.0 Å². The first-order valence-corrected chi connectivity index (χ1v) is 8.08. The van der Waals surface area contributed by atoms with Crippen LogP contribution in [-0.2, 0) is 4.79 Å². The van der Waals surface area contributed by atoms with Crippen molar-refractivity contribution < 1.29 is 19.8 Å². The van der Waals surface area contributed by atoms with Crippen LogP contribution in [0.4, 0.5) is 4.79 Å². The van der Waals surface area contributed by atoms with Gasteiger partial charge in [0.25, 0.3) is 0 Å². The maximum atomic E-state index is 12.4. The van der Waals surface area contributed by atoms with Gasteiger partial charge in [-0.05, 0) is 36.3 Å². The molecule has 2 amide bonds. The molecule has 3 N–H and O–H groups in total. The summed E-state index contributed by atoms with van der Waals surface area (Å²) in [6.07, 6.45) is 2.01. The lowest BCUT2D eigenvalue weighted by Gasteiger charge is -2.32. The summed E-state index contributed by atoms with van der Waals surface area (Å²) in [7, 11) is 0. The summed E-state index contributed by atoms with van der Waals surface area (Å²) in [5.41, 5.74) is 1.70. The number of benzene rings is 1. The second-order valence-electron chi connectivity index (χ2n) is 6.37. The van der Waals surface area contributed by atoms with Crippen molar-refractivity contribution in [1.29, 1.82) is 0 Å². The van der Waals surface area contributed by atoms with Crippen LogP contribution >= 0.6 is 0 Å². The van der Waals surface area contributed by atoms with Gasteiger partial charge in [0.15, 0.2) is 0 Å². The maximum Gasteiger partial charge on any atom is 0.317 e. The number of piperidine rings is 1. The molecule has 1 fully saturated rings. The SMILES string of the molecule is O=C(O)C1CC(NC(=O)N2CCC(CO)CC2)c2ccccc21. The third kappa shape index (κ3) is 3.17. The van der Waals surface area contributed by atoms with Crippen LogP contribution in [-0.4, -0.2) is 46.8 Å². The second kappa shape index (κ2) is 6.58. The lowest BCUT2D eigenvalue weighted by atomic mass is 9.98. The van der Waals surface area contributed by atoms with E-state index in [4.69, 9.17) is 5.11 Å². The van der Waals surface area contributed by atoms with Gasteiger partial charge in [0.2, 0.25) is 0 Å². The minimum absolute atomic E-state index is 0.146. The predicted octanol–water partition coefficient (Wildman–Crippen LogP) is 1.71. The van der Waals surface area contributed by atoms with Gasteiger partial charge >= 0.3 is 12.0 Å². The lowest BCUT2D eigenvalue weighted by molar-refractivity contribution is -0.138. The Morgan fingerprint density at radius 2 is 1.83 bits per heavy atom. The van der Waals surface area contributed by atoms with Gasteiger partial charge in [-0.25, -0.2) is 4.79 Å². The Morgan fingerprint density at radius 3 is 2.43 bits per heavy atom. The van der Waals surface area contributed by atoms with E-state index in [2.05, 4.69) is 5.32 Å². The molecule has 6 heteroatoms. The van der Waals surface area contributed by atoms with Crippen molar-refractivity contribution in [3.05, 3.63) is 35.4 Å². The molecule has 124 valence electrons.